The first-order valence-electron chi connectivity index (χ1n) is 4.46. The number of aliphatic carboxylic acids is 1. The number of rotatable bonds is 3. The van der Waals surface area contributed by atoms with Gasteiger partial charge in [0.05, 0.1) is 10.8 Å². The van der Waals surface area contributed by atoms with Crippen molar-refractivity contribution in [2.24, 2.45) is 0 Å². The summed E-state index contributed by atoms with van der Waals surface area (Å²) in [5.41, 5.74) is 0.138. The standard InChI is InChI=1S/C10H11ClO4S/c1-6(10(12)13)9-7(11)4-3-5-8(9)16(2,14)15/h3-6H,1-2H3,(H,12,13). The lowest BCUT2D eigenvalue weighted by atomic mass is 10.0. The van der Waals surface area contributed by atoms with Crippen molar-refractivity contribution < 1.29 is 18.3 Å². The zero-order chi connectivity index (χ0) is 12.5. The fourth-order valence-electron chi connectivity index (χ4n) is 1.38. The van der Waals surface area contributed by atoms with Crippen molar-refractivity contribution in [1.29, 1.82) is 0 Å². The second-order valence-electron chi connectivity index (χ2n) is 3.48. The Morgan fingerprint density at radius 2 is 2.00 bits per heavy atom. The van der Waals surface area contributed by atoms with E-state index in [0.717, 1.165) is 6.26 Å². The Hall–Kier alpha value is -1.07. The summed E-state index contributed by atoms with van der Waals surface area (Å²) in [5.74, 6) is -2.07. The number of hydrogen-bond acceptors (Lipinski definition) is 3. The molecule has 1 atom stereocenters. The van der Waals surface area contributed by atoms with Gasteiger partial charge < -0.3 is 5.11 Å². The summed E-state index contributed by atoms with van der Waals surface area (Å²) in [6.45, 7) is 1.40. The Bertz CT molecular complexity index is 522. The predicted octanol–water partition coefficient (Wildman–Crippen LogP) is 1.93. The summed E-state index contributed by atoms with van der Waals surface area (Å²) >= 11 is 5.85. The van der Waals surface area contributed by atoms with Gasteiger partial charge in [-0.2, -0.15) is 0 Å². The number of carboxylic acids is 1. The molecule has 1 aromatic carbocycles. The molecular formula is C10H11ClO4S. The minimum Gasteiger partial charge on any atom is -0.481 e. The highest BCUT2D eigenvalue weighted by Crippen LogP contribution is 2.31. The number of benzene rings is 1. The van der Waals surface area contributed by atoms with E-state index in [0.29, 0.717) is 0 Å². The van der Waals surface area contributed by atoms with E-state index in [1.807, 2.05) is 0 Å². The molecule has 4 nitrogen and oxygen atoms in total. The van der Waals surface area contributed by atoms with Gasteiger partial charge >= 0.3 is 5.97 Å². The van der Waals surface area contributed by atoms with Crippen LogP contribution in [0.1, 0.15) is 18.4 Å². The molecule has 0 saturated heterocycles. The van der Waals surface area contributed by atoms with Gasteiger partial charge in [0.25, 0.3) is 0 Å². The molecule has 16 heavy (non-hydrogen) atoms. The summed E-state index contributed by atoms with van der Waals surface area (Å²) in [4.78, 5) is 10.8. The van der Waals surface area contributed by atoms with Crippen LogP contribution < -0.4 is 0 Å². The molecule has 0 radical (unpaired) electrons. The van der Waals surface area contributed by atoms with Crippen LogP contribution in [0.15, 0.2) is 23.1 Å². The van der Waals surface area contributed by atoms with E-state index in [9.17, 15) is 13.2 Å². The quantitative estimate of drug-likeness (QED) is 0.904. The highest BCUT2D eigenvalue weighted by molar-refractivity contribution is 7.90. The molecule has 6 heteroatoms. The largest absolute Gasteiger partial charge is 0.481 e. The van der Waals surface area contributed by atoms with Crippen molar-refractivity contribution in [3.8, 4) is 0 Å². The third kappa shape index (κ3) is 2.54. The third-order valence-electron chi connectivity index (χ3n) is 2.22. The Morgan fingerprint density at radius 3 is 2.44 bits per heavy atom. The minimum absolute atomic E-state index is 0.0325. The lowest BCUT2D eigenvalue weighted by Crippen LogP contribution is -2.13. The highest BCUT2D eigenvalue weighted by atomic mass is 35.5. The van der Waals surface area contributed by atoms with Crippen LogP contribution in [0.25, 0.3) is 0 Å². The maximum atomic E-state index is 11.5. The smallest absolute Gasteiger partial charge is 0.310 e. The zero-order valence-corrected chi connectivity index (χ0v) is 10.3. The summed E-state index contributed by atoms with van der Waals surface area (Å²) in [7, 11) is -3.48. The van der Waals surface area contributed by atoms with Gasteiger partial charge in [0.15, 0.2) is 9.84 Å². The van der Waals surface area contributed by atoms with Crippen LogP contribution in [-0.2, 0) is 14.6 Å². The van der Waals surface area contributed by atoms with Crippen molar-refractivity contribution in [1.82, 2.24) is 0 Å². The molecule has 88 valence electrons. The van der Waals surface area contributed by atoms with Crippen molar-refractivity contribution in [3.05, 3.63) is 28.8 Å². The molecule has 0 aliphatic heterocycles. The first kappa shape index (κ1) is 13.0. The van der Waals surface area contributed by atoms with Gasteiger partial charge in [-0.3, -0.25) is 4.79 Å². The highest BCUT2D eigenvalue weighted by Gasteiger charge is 2.24. The van der Waals surface area contributed by atoms with Gasteiger partial charge in [-0.25, -0.2) is 8.42 Å². The van der Waals surface area contributed by atoms with Crippen LogP contribution in [0.2, 0.25) is 5.02 Å². The van der Waals surface area contributed by atoms with E-state index in [-0.39, 0.29) is 15.5 Å². The van der Waals surface area contributed by atoms with Crippen LogP contribution >= 0.6 is 11.6 Å². The normalized spacial score (nSPS) is 13.4. The molecule has 1 aromatic rings. The van der Waals surface area contributed by atoms with Gasteiger partial charge in [0.2, 0.25) is 0 Å². The van der Waals surface area contributed by atoms with Crippen LogP contribution in [0.4, 0.5) is 0 Å². The molecule has 0 aromatic heterocycles. The number of halogens is 1. The molecule has 0 aliphatic carbocycles. The first-order valence-corrected chi connectivity index (χ1v) is 6.73. The molecule has 1 rings (SSSR count). The van der Waals surface area contributed by atoms with E-state index >= 15 is 0 Å². The molecule has 0 aliphatic rings. The number of hydrogen-bond donors (Lipinski definition) is 1. The number of sulfone groups is 1. The molecule has 1 N–H and O–H groups in total. The number of carboxylic acid groups (broad SMARTS) is 1. The van der Waals surface area contributed by atoms with E-state index in [1.54, 1.807) is 0 Å². The maximum absolute atomic E-state index is 11.5. The topological polar surface area (TPSA) is 71.4 Å². The van der Waals surface area contributed by atoms with Crippen LogP contribution in [0.5, 0.6) is 0 Å². The molecule has 0 heterocycles. The third-order valence-corrected chi connectivity index (χ3v) is 3.70. The summed E-state index contributed by atoms with van der Waals surface area (Å²) in [6, 6.07) is 4.32. The van der Waals surface area contributed by atoms with Crippen molar-refractivity contribution in [2.75, 3.05) is 6.26 Å². The van der Waals surface area contributed by atoms with Crippen LogP contribution in [0, 0.1) is 0 Å². The van der Waals surface area contributed by atoms with Gasteiger partial charge in [-0.05, 0) is 19.1 Å². The lowest BCUT2D eigenvalue weighted by molar-refractivity contribution is -0.138. The second kappa shape index (κ2) is 4.43. The zero-order valence-electron chi connectivity index (χ0n) is 8.77. The van der Waals surface area contributed by atoms with Gasteiger partial charge in [-0.15, -0.1) is 0 Å². The van der Waals surface area contributed by atoms with E-state index in [4.69, 9.17) is 16.7 Å². The fourth-order valence-corrected chi connectivity index (χ4v) is 2.79. The SMILES string of the molecule is CC(C(=O)O)c1c(Cl)cccc1S(C)(=O)=O. The minimum atomic E-state index is -3.48. The molecule has 0 saturated carbocycles. The molecule has 0 bridgehead atoms. The van der Waals surface area contributed by atoms with Crippen molar-refractivity contribution >= 4 is 27.4 Å². The van der Waals surface area contributed by atoms with Gasteiger partial charge in [0.1, 0.15) is 0 Å². The second-order valence-corrected chi connectivity index (χ2v) is 5.88. The summed E-state index contributed by atoms with van der Waals surface area (Å²) in [6.07, 6.45) is 1.02. The van der Waals surface area contributed by atoms with Crippen LogP contribution in [0.3, 0.4) is 0 Å². The predicted molar refractivity (Wildman–Crippen MR) is 60.6 cm³/mol. The summed E-state index contributed by atoms with van der Waals surface area (Å²) in [5, 5.41) is 9.05. The average molecular weight is 263 g/mol. The molecule has 0 spiro atoms. The Morgan fingerprint density at radius 1 is 1.44 bits per heavy atom. The Balaban J connectivity index is 3.53. The lowest BCUT2D eigenvalue weighted by Gasteiger charge is -2.13. The molecule has 1 unspecified atom stereocenters. The van der Waals surface area contributed by atoms with Crippen LogP contribution in [-0.4, -0.2) is 25.7 Å². The number of carbonyl (C=O) groups is 1. The monoisotopic (exact) mass is 262 g/mol. The molecule has 0 fully saturated rings. The Labute approximate surface area is 98.8 Å². The fraction of sp³-hybridized carbons (Fsp3) is 0.300. The Kier molecular flexibility index (Phi) is 3.60. The van der Waals surface area contributed by atoms with Crippen molar-refractivity contribution in [2.45, 2.75) is 17.7 Å². The van der Waals surface area contributed by atoms with E-state index in [2.05, 4.69) is 0 Å². The van der Waals surface area contributed by atoms with Gasteiger partial charge in [-0.1, -0.05) is 17.7 Å². The average Bonchev–Trinajstić information content (AvgIpc) is 2.14. The van der Waals surface area contributed by atoms with E-state index in [1.165, 1.54) is 25.1 Å². The molecule has 0 amide bonds. The molecular weight excluding hydrogens is 252 g/mol. The first-order chi connectivity index (χ1) is 7.25. The van der Waals surface area contributed by atoms with Crippen molar-refractivity contribution in [3.63, 3.8) is 0 Å². The summed E-state index contributed by atoms with van der Waals surface area (Å²) < 4.78 is 23.0. The van der Waals surface area contributed by atoms with E-state index < -0.39 is 21.7 Å². The van der Waals surface area contributed by atoms with Gasteiger partial charge in [0, 0.05) is 16.8 Å². The maximum Gasteiger partial charge on any atom is 0.310 e.